The van der Waals surface area contributed by atoms with Gasteiger partial charge in [-0.1, -0.05) is 19.1 Å². The van der Waals surface area contributed by atoms with Crippen molar-refractivity contribution in [3.8, 4) is 0 Å². The Labute approximate surface area is 159 Å². The highest BCUT2D eigenvalue weighted by molar-refractivity contribution is 5.91. The summed E-state index contributed by atoms with van der Waals surface area (Å²) in [6, 6.07) is 7.46. The first-order valence-electron chi connectivity index (χ1n) is 8.58. The molecule has 1 N–H and O–H groups in total. The Bertz CT molecular complexity index is 995. The Balaban J connectivity index is 1.59. The monoisotopic (exact) mass is 386 g/mol. The molecule has 3 aromatic rings. The highest BCUT2D eigenvalue weighted by atomic mass is 19.1. The topological polar surface area (TPSA) is 108 Å². The molecule has 0 saturated carbocycles. The van der Waals surface area contributed by atoms with Gasteiger partial charge in [0.2, 0.25) is 5.91 Å². The van der Waals surface area contributed by atoms with Gasteiger partial charge in [-0.2, -0.15) is 9.78 Å². The zero-order valence-corrected chi connectivity index (χ0v) is 15.4. The van der Waals surface area contributed by atoms with E-state index in [1.165, 1.54) is 29.1 Å². The minimum absolute atomic E-state index is 0.217. The van der Waals surface area contributed by atoms with E-state index in [4.69, 9.17) is 0 Å². The highest BCUT2D eigenvalue weighted by Gasteiger charge is 2.21. The predicted molar refractivity (Wildman–Crippen MR) is 99.1 cm³/mol. The molecule has 0 radical (unpaired) electrons. The molecule has 3 rings (SSSR count). The summed E-state index contributed by atoms with van der Waals surface area (Å²) in [5.41, 5.74) is 2.02. The van der Waals surface area contributed by atoms with Crippen LogP contribution in [0.4, 0.5) is 15.9 Å². The third kappa shape index (κ3) is 4.58. The van der Waals surface area contributed by atoms with Gasteiger partial charge >= 0.3 is 5.82 Å². The summed E-state index contributed by atoms with van der Waals surface area (Å²) >= 11 is 0. The molecule has 28 heavy (non-hydrogen) atoms. The number of carbonyl (C=O) groups is 1. The van der Waals surface area contributed by atoms with Crippen molar-refractivity contribution in [3.63, 3.8) is 0 Å². The maximum atomic E-state index is 13.0. The van der Waals surface area contributed by atoms with Crippen molar-refractivity contribution in [1.29, 1.82) is 0 Å². The van der Waals surface area contributed by atoms with E-state index >= 15 is 0 Å². The van der Waals surface area contributed by atoms with Crippen LogP contribution in [-0.4, -0.2) is 30.4 Å². The standard InChI is InChI=1S/C18H19FN6O3/c1-12(9-24-13(2)7-17(22-24)25(27)28)18(26)21-16-8-20-23(11-16)10-14-3-5-15(19)6-4-14/h3-8,11-12H,9-10H2,1-2H3,(H,21,26). The van der Waals surface area contributed by atoms with E-state index in [-0.39, 0.29) is 24.1 Å². The van der Waals surface area contributed by atoms with Crippen LogP contribution in [0.25, 0.3) is 0 Å². The van der Waals surface area contributed by atoms with E-state index in [2.05, 4.69) is 15.5 Å². The molecule has 2 aromatic heterocycles. The molecule has 0 aliphatic heterocycles. The molecule has 9 nitrogen and oxygen atoms in total. The number of nitro groups is 1. The predicted octanol–water partition coefficient (Wildman–Crippen LogP) is 2.76. The third-order valence-electron chi connectivity index (χ3n) is 4.21. The van der Waals surface area contributed by atoms with Crippen molar-refractivity contribution in [2.24, 2.45) is 5.92 Å². The average Bonchev–Trinajstić information content (AvgIpc) is 3.24. The summed E-state index contributed by atoms with van der Waals surface area (Å²) in [6.45, 7) is 4.08. The molecule has 146 valence electrons. The maximum Gasteiger partial charge on any atom is 0.390 e. The van der Waals surface area contributed by atoms with E-state index < -0.39 is 10.8 Å². The maximum absolute atomic E-state index is 13.0. The van der Waals surface area contributed by atoms with E-state index in [1.54, 1.807) is 36.9 Å². The number of carbonyl (C=O) groups excluding carboxylic acids is 1. The van der Waals surface area contributed by atoms with Crippen LogP contribution in [0.1, 0.15) is 18.2 Å². The van der Waals surface area contributed by atoms with Crippen molar-refractivity contribution in [2.75, 3.05) is 5.32 Å². The number of rotatable bonds is 7. The first-order chi connectivity index (χ1) is 13.3. The molecule has 0 aliphatic carbocycles. The molecular weight excluding hydrogens is 367 g/mol. The number of hydrogen-bond donors (Lipinski definition) is 1. The SMILES string of the molecule is Cc1cc([N+](=O)[O-])nn1CC(C)C(=O)Nc1cnn(Cc2ccc(F)cc2)c1. The molecule has 1 aromatic carbocycles. The Morgan fingerprint density at radius 2 is 2.07 bits per heavy atom. The molecular formula is C18H19FN6O3. The van der Waals surface area contributed by atoms with Gasteiger partial charge in [-0.3, -0.25) is 9.48 Å². The number of nitrogens with zero attached hydrogens (tertiary/aromatic N) is 5. The second-order valence-electron chi connectivity index (χ2n) is 6.53. The van der Waals surface area contributed by atoms with Crippen molar-refractivity contribution in [2.45, 2.75) is 26.9 Å². The fourth-order valence-electron chi connectivity index (χ4n) is 2.67. The van der Waals surface area contributed by atoms with Crippen LogP contribution in [0.2, 0.25) is 0 Å². The van der Waals surface area contributed by atoms with E-state index in [0.29, 0.717) is 17.9 Å². The number of halogens is 1. The fraction of sp³-hybridized carbons (Fsp3) is 0.278. The minimum atomic E-state index is -0.566. The second-order valence-corrected chi connectivity index (χ2v) is 6.53. The molecule has 1 unspecified atom stereocenters. The minimum Gasteiger partial charge on any atom is -0.358 e. The van der Waals surface area contributed by atoms with E-state index in [9.17, 15) is 19.3 Å². The van der Waals surface area contributed by atoms with Gasteiger partial charge in [0, 0.05) is 6.20 Å². The lowest BCUT2D eigenvalue weighted by Gasteiger charge is -2.10. The number of nitrogens with one attached hydrogen (secondary N) is 1. The third-order valence-corrected chi connectivity index (χ3v) is 4.21. The zero-order chi connectivity index (χ0) is 20.3. The van der Waals surface area contributed by atoms with E-state index in [1.807, 2.05) is 0 Å². The fourth-order valence-corrected chi connectivity index (χ4v) is 2.67. The molecule has 2 heterocycles. The Morgan fingerprint density at radius 1 is 1.36 bits per heavy atom. The van der Waals surface area contributed by atoms with Crippen LogP contribution in [-0.2, 0) is 17.9 Å². The van der Waals surface area contributed by atoms with Gasteiger partial charge in [-0.15, -0.1) is 0 Å². The van der Waals surface area contributed by atoms with Crippen LogP contribution in [0.5, 0.6) is 0 Å². The molecule has 1 amide bonds. The lowest BCUT2D eigenvalue weighted by molar-refractivity contribution is -0.389. The van der Waals surface area contributed by atoms with Gasteiger partial charge in [-0.05, 0) is 29.5 Å². The largest absolute Gasteiger partial charge is 0.390 e. The Kier molecular flexibility index (Phi) is 5.48. The summed E-state index contributed by atoms with van der Waals surface area (Å²) in [5.74, 6) is -1.26. The lowest BCUT2D eigenvalue weighted by atomic mass is 10.1. The Hall–Kier alpha value is -3.56. The molecule has 0 bridgehead atoms. The average molecular weight is 386 g/mol. The van der Waals surface area contributed by atoms with Crippen LogP contribution in [0, 0.1) is 28.8 Å². The molecule has 1 atom stereocenters. The van der Waals surface area contributed by atoms with Crippen LogP contribution in [0.3, 0.4) is 0 Å². The number of hydrogen-bond acceptors (Lipinski definition) is 5. The smallest absolute Gasteiger partial charge is 0.358 e. The van der Waals surface area contributed by atoms with Gasteiger partial charge < -0.3 is 15.4 Å². The number of aromatic nitrogens is 4. The highest BCUT2D eigenvalue weighted by Crippen LogP contribution is 2.15. The van der Waals surface area contributed by atoms with Gasteiger partial charge in [-0.25, -0.2) is 4.39 Å². The quantitative estimate of drug-likeness (QED) is 0.496. The number of benzene rings is 1. The van der Waals surface area contributed by atoms with Crippen molar-refractivity contribution in [1.82, 2.24) is 19.6 Å². The summed E-state index contributed by atoms with van der Waals surface area (Å²) in [6.07, 6.45) is 3.20. The normalized spacial score (nSPS) is 12.0. The first-order valence-corrected chi connectivity index (χ1v) is 8.58. The summed E-state index contributed by atoms with van der Waals surface area (Å²) < 4.78 is 16.0. The molecule has 10 heteroatoms. The van der Waals surface area contributed by atoms with E-state index in [0.717, 1.165) is 5.56 Å². The van der Waals surface area contributed by atoms with Crippen molar-refractivity contribution in [3.05, 3.63) is 69.9 Å². The van der Waals surface area contributed by atoms with Crippen LogP contribution in [0.15, 0.2) is 42.7 Å². The van der Waals surface area contributed by atoms with Gasteiger partial charge in [0.1, 0.15) is 5.82 Å². The van der Waals surface area contributed by atoms with Gasteiger partial charge in [0.25, 0.3) is 0 Å². The zero-order valence-electron chi connectivity index (χ0n) is 15.4. The number of amides is 1. The van der Waals surface area contributed by atoms with Crippen molar-refractivity contribution < 1.29 is 14.1 Å². The lowest BCUT2D eigenvalue weighted by Crippen LogP contribution is -2.25. The summed E-state index contributed by atoms with van der Waals surface area (Å²) in [7, 11) is 0. The van der Waals surface area contributed by atoms with Crippen LogP contribution < -0.4 is 5.32 Å². The number of aryl methyl sites for hydroxylation is 1. The Morgan fingerprint density at radius 3 is 2.71 bits per heavy atom. The molecule has 0 saturated heterocycles. The van der Waals surface area contributed by atoms with Crippen molar-refractivity contribution >= 4 is 17.4 Å². The molecule has 0 fully saturated rings. The summed E-state index contributed by atoms with van der Waals surface area (Å²) in [4.78, 5) is 22.6. The second kappa shape index (κ2) is 7.99. The molecule has 0 spiro atoms. The number of anilines is 1. The summed E-state index contributed by atoms with van der Waals surface area (Å²) in [5, 5.41) is 21.6. The first kappa shape index (κ1) is 19.2. The van der Waals surface area contributed by atoms with Gasteiger partial charge in [0.05, 0.1) is 47.8 Å². The van der Waals surface area contributed by atoms with Crippen LogP contribution >= 0.6 is 0 Å². The van der Waals surface area contributed by atoms with Gasteiger partial charge in [0.15, 0.2) is 0 Å². The molecule has 0 aliphatic rings.